The lowest BCUT2D eigenvalue weighted by molar-refractivity contribution is 0.246. The predicted molar refractivity (Wildman–Crippen MR) is 145 cm³/mol. The number of nitrogens with two attached hydrogens (primary N) is 2. The first-order valence-electron chi connectivity index (χ1n) is 11.6. The van der Waals surface area contributed by atoms with E-state index in [4.69, 9.17) is 15.9 Å². The first-order chi connectivity index (χ1) is 16.5. The highest BCUT2D eigenvalue weighted by Crippen LogP contribution is 2.45. The molecule has 1 saturated heterocycles. The average molecular weight is 555 g/mol. The molecule has 3 aromatic rings. The largest absolute Gasteiger partial charge is 0.368 e. The molecular weight excluding hydrogens is 523 g/mol. The molecule has 8 nitrogen and oxygen atoms in total. The fourth-order valence-corrected chi connectivity index (χ4v) is 7.01. The topological polar surface area (TPSA) is 137 Å². The lowest BCUT2D eigenvalue weighted by Crippen LogP contribution is -2.38. The van der Waals surface area contributed by atoms with Gasteiger partial charge in [0, 0.05) is 22.7 Å². The Kier molecular flexibility index (Phi) is 8.72. The van der Waals surface area contributed by atoms with Gasteiger partial charge in [-0.15, -0.1) is 23.7 Å². The van der Waals surface area contributed by atoms with Crippen LogP contribution in [0.2, 0.25) is 0 Å². The Bertz CT molecular complexity index is 1330. The summed E-state index contributed by atoms with van der Waals surface area (Å²) in [5.74, 6) is -0.127. The van der Waals surface area contributed by atoms with Crippen LogP contribution in [0.4, 0.5) is 10.3 Å². The maximum Gasteiger partial charge on any atom is 0.220 e. The third kappa shape index (κ3) is 5.55. The molecule has 1 aromatic carbocycles. The van der Waals surface area contributed by atoms with Gasteiger partial charge in [0.2, 0.25) is 16.0 Å². The third-order valence-electron chi connectivity index (χ3n) is 6.84. The van der Waals surface area contributed by atoms with Gasteiger partial charge >= 0.3 is 0 Å². The summed E-state index contributed by atoms with van der Waals surface area (Å²) in [6, 6.07) is 6.43. The number of halogens is 2. The third-order valence-corrected chi connectivity index (χ3v) is 9.64. The van der Waals surface area contributed by atoms with Gasteiger partial charge in [0.15, 0.2) is 0 Å². The van der Waals surface area contributed by atoms with Gasteiger partial charge in [-0.25, -0.2) is 32.9 Å². The van der Waals surface area contributed by atoms with Crippen molar-refractivity contribution < 1.29 is 12.8 Å². The summed E-state index contributed by atoms with van der Waals surface area (Å²) in [5, 5.41) is 8.54. The van der Waals surface area contributed by atoms with Crippen LogP contribution >= 0.6 is 23.7 Å². The second-order valence-corrected chi connectivity index (χ2v) is 12.2. The number of hydrogen-bond donors (Lipinski definition) is 3. The molecular formula is C24H32ClFN6O2S2. The highest BCUT2D eigenvalue weighted by atomic mass is 35.5. The Morgan fingerprint density at radius 3 is 2.53 bits per heavy atom. The van der Waals surface area contributed by atoms with Crippen molar-refractivity contribution >= 4 is 39.7 Å². The van der Waals surface area contributed by atoms with Crippen molar-refractivity contribution in [2.75, 3.05) is 18.8 Å². The van der Waals surface area contributed by atoms with E-state index in [2.05, 4.69) is 29.1 Å². The zero-order chi connectivity index (χ0) is 25.4. The maximum atomic E-state index is 15.9. The van der Waals surface area contributed by atoms with Gasteiger partial charge in [-0.05, 0) is 50.4 Å². The first-order valence-corrected chi connectivity index (χ1v) is 14.1. The standard InChI is InChI=1S/C24H31FN6O2S2.ClH/c1-4-18(35(27,32)33)15-6-5-7-16(19(15)25)20-21(17-10-13-29-23(26)30-17)34-22(31-20)24(2,3)14-8-11-28-12-9-14;/h5-7,10,13-14,18,28H,4,8-9,11-12H2,1-3H3,(H2,26,29,30)(H2,27,32,33);1H. The Morgan fingerprint density at radius 1 is 1.22 bits per heavy atom. The molecule has 0 aliphatic carbocycles. The molecule has 0 spiro atoms. The molecule has 1 atom stereocenters. The van der Waals surface area contributed by atoms with E-state index in [0.29, 0.717) is 22.2 Å². The van der Waals surface area contributed by atoms with E-state index in [1.54, 1.807) is 31.3 Å². The second-order valence-electron chi connectivity index (χ2n) is 9.44. The van der Waals surface area contributed by atoms with Crippen molar-refractivity contribution in [3.8, 4) is 21.8 Å². The fourth-order valence-electron chi connectivity index (χ4n) is 4.78. The monoisotopic (exact) mass is 554 g/mol. The van der Waals surface area contributed by atoms with Crippen molar-refractivity contribution in [1.82, 2.24) is 20.3 Å². The number of piperidine rings is 1. The Morgan fingerprint density at radius 2 is 1.92 bits per heavy atom. The lowest BCUT2D eigenvalue weighted by Gasteiger charge is -2.35. The van der Waals surface area contributed by atoms with Crippen molar-refractivity contribution in [2.24, 2.45) is 11.1 Å². The SMILES string of the molecule is CCC(c1cccc(-c2nc(C(C)(C)C3CCNCC3)sc2-c2ccnc(N)n2)c1F)S(N)(=O)=O.Cl. The molecule has 1 unspecified atom stereocenters. The summed E-state index contributed by atoms with van der Waals surface area (Å²) in [6.07, 6.45) is 3.75. The minimum atomic E-state index is -3.99. The van der Waals surface area contributed by atoms with Crippen LogP contribution in [0, 0.1) is 11.7 Å². The van der Waals surface area contributed by atoms with Crippen molar-refractivity contribution in [3.05, 3.63) is 46.9 Å². The van der Waals surface area contributed by atoms with Gasteiger partial charge in [-0.3, -0.25) is 0 Å². The molecule has 3 heterocycles. The van der Waals surface area contributed by atoms with E-state index < -0.39 is 21.1 Å². The number of aromatic nitrogens is 3. The number of nitrogens with zero attached hydrogens (tertiary/aromatic N) is 3. The normalized spacial score (nSPS) is 15.9. The van der Waals surface area contributed by atoms with Gasteiger partial charge < -0.3 is 11.1 Å². The molecule has 196 valence electrons. The van der Waals surface area contributed by atoms with Crippen LogP contribution in [0.15, 0.2) is 30.5 Å². The van der Waals surface area contributed by atoms with E-state index >= 15 is 4.39 Å². The number of sulfonamides is 1. The summed E-state index contributed by atoms with van der Waals surface area (Å²) < 4.78 is 40.3. The van der Waals surface area contributed by atoms with Crippen LogP contribution in [0.1, 0.15) is 55.9 Å². The number of primary sulfonamides is 1. The van der Waals surface area contributed by atoms with Crippen LogP contribution < -0.4 is 16.2 Å². The van der Waals surface area contributed by atoms with Crippen molar-refractivity contribution in [1.29, 1.82) is 0 Å². The average Bonchev–Trinajstić information content (AvgIpc) is 3.26. The number of thiazole rings is 1. The number of anilines is 1. The molecule has 1 aliphatic rings. The second kappa shape index (κ2) is 11.1. The number of nitrogen functional groups attached to an aromatic ring is 1. The van der Waals surface area contributed by atoms with E-state index in [9.17, 15) is 8.42 Å². The molecule has 1 fully saturated rings. The maximum absolute atomic E-state index is 15.9. The quantitative estimate of drug-likeness (QED) is 0.393. The van der Waals surface area contributed by atoms with E-state index in [1.165, 1.54) is 17.4 Å². The van der Waals surface area contributed by atoms with E-state index in [0.717, 1.165) is 30.9 Å². The van der Waals surface area contributed by atoms with Gasteiger partial charge in [-0.1, -0.05) is 32.9 Å². The molecule has 4 rings (SSSR count). The Balaban J connectivity index is 0.00000361. The molecule has 2 aromatic heterocycles. The van der Waals surface area contributed by atoms with Crippen LogP contribution in [0.25, 0.3) is 21.8 Å². The smallest absolute Gasteiger partial charge is 0.220 e. The number of rotatable bonds is 7. The zero-order valence-electron chi connectivity index (χ0n) is 20.5. The fraction of sp³-hybridized carbons (Fsp3) is 0.458. The lowest BCUT2D eigenvalue weighted by atomic mass is 9.74. The van der Waals surface area contributed by atoms with E-state index in [1.807, 2.05) is 0 Å². The number of benzene rings is 1. The molecule has 1 aliphatic heterocycles. The van der Waals surface area contributed by atoms with Crippen LogP contribution in [0.5, 0.6) is 0 Å². The molecule has 5 N–H and O–H groups in total. The predicted octanol–water partition coefficient (Wildman–Crippen LogP) is 4.43. The Hall–Kier alpha value is -2.18. The van der Waals surface area contributed by atoms with Gasteiger partial charge in [-0.2, -0.15) is 0 Å². The zero-order valence-corrected chi connectivity index (χ0v) is 22.9. The first kappa shape index (κ1) is 28.4. The molecule has 36 heavy (non-hydrogen) atoms. The van der Waals surface area contributed by atoms with Crippen LogP contribution in [-0.4, -0.2) is 36.5 Å². The van der Waals surface area contributed by atoms with Crippen molar-refractivity contribution in [2.45, 2.75) is 50.7 Å². The summed E-state index contributed by atoms with van der Waals surface area (Å²) in [6.45, 7) is 7.91. The van der Waals surface area contributed by atoms with E-state index in [-0.39, 0.29) is 41.3 Å². The minimum Gasteiger partial charge on any atom is -0.368 e. The number of nitrogens with one attached hydrogen (secondary N) is 1. The molecule has 0 bridgehead atoms. The van der Waals surface area contributed by atoms with Gasteiger partial charge in [0.25, 0.3) is 0 Å². The van der Waals surface area contributed by atoms with Crippen molar-refractivity contribution in [3.63, 3.8) is 0 Å². The highest BCUT2D eigenvalue weighted by molar-refractivity contribution is 7.89. The van der Waals surface area contributed by atoms with Gasteiger partial charge in [0.1, 0.15) is 11.1 Å². The highest BCUT2D eigenvalue weighted by Gasteiger charge is 2.37. The molecule has 0 amide bonds. The number of hydrogen-bond acceptors (Lipinski definition) is 8. The van der Waals surface area contributed by atoms with Crippen LogP contribution in [0.3, 0.4) is 0 Å². The van der Waals surface area contributed by atoms with Gasteiger partial charge in [0.05, 0.1) is 21.3 Å². The molecule has 12 heteroatoms. The molecule has 0 saturated carbocycles. The molecule has 0 radical (unpaired) electrons. The minimum absolute atomic E-state index is 0. The Labute approximate surface area is 221 Å². The summed E-state index contributed by atoms with van der Waals surface area (Å²) in [7, 11) is -3.99. The summed E-state index contributed by atoms with van der Waals surface area (Å²) in [4.78, 5) is 14.0. The summed E-state index contributed by atoms with van der Waals surface area (Å²) in [5.41, 5.74) is 6.80. The van der Waals surface area contributed by atoms with Crippen LogP contribution in [-0.2, 0) is 15.4 Å². The summed E-state index contributed by atoms with van der Waals surface area (Å²) >= 11 is 1.46.